The third kappa shape index (κ3) is 67.9. The van der Waals surface area contributed by atoms with Gasteiger partial charge in [0.25, 0.3) is 0 Å². The average Bonchev–Trinajstić information content (AvgIpc) is 1.72. The van der Waals surface area contributed by atoms with Gasteiger partial charge in [0, 0.05) is 25.7 Å². The monoisotopic (exact) mass is 1410 g/mol. The van der Waals surface area contributed by atoms with E-state index < -0.39 is 97.5 Å². The number of unbranched alkanes of at least 4 members (excludes halogenated alkanes) is 41. The number of ether oxygens (including phenoxy) is 4. The first-order chi connectivity index (χ1) is 46.3. The first kappa shape index (κ1) is 94.1. The van der Waals surface area contributed by atoms with Gasteiger partial charge >= 0.3 is 39.5 Å². The molecule has 0 bridgehead atoms. The number of carbonyl (C=O) groups is 4. The molecule has 0 spiro atoms. The van der Waals surface area contributed by atoms with E-state index in [1.54, 1.807) is 0 Å². The Morgan fingerprint density at radius 2 is 0.531 bits per heavy atom. The van der Waals surface area contributed by atoms with Gasteiger partial charge in [-0.05, 0) is 43.4 Å². The minimum Gasteiger partial charge on any atom is -0.462 e. The van der Waals surface area contributed by atoms with Gasteiger partial charge in [0.15, 0.2) is 12.2 Å². The van der Waals surface area contributed by atoms with Crippen LogP contribution in [0.25, 0.3) is 0 Å². The summed E-state index contributed by atoms with van der Waals surface area (Å²) in [6.07, 6.45) is 54.3. The summed E-state index contributed by atoms with van der Waals surface area (Å²) in [5.41, 5.74) is 0. The highest BCUT2D eigenvalue weighted by Crippen LogP contribution is 2.45. The summed E-state index contributed by atoms with van der Waals surface area (Å²) < 4.78 is 68.5. The van der Waals surface area contributed by atoms with Crippen molar-refractivity contribution in [1.82, 2.24) is 0 Å². The molecule has 0 aliphatic rings. The Hall–Kier alpha value is -1.94. The number of esters is 4. The smallest absolute Gasteiger partial charge is 0.462 e. The number of phosphoric acid groups is 2. The van der Waals surface area contributed by atoms with Gasteiger partial charge in [-0.25, -0.2) is 9.13 Å². The Morgan fingerprint density at radius 3 is 0.792 bits per heavy atom. The number of carbonyl (C=O) groups excluding carboxylic acids is 4. The van der Waals surface area contributed by atoms with Crippen molar-refractivity contribution in [2.45, 2.75) is 414 Å². The molecule has 0 amide bonds. The summed E-state index contributed by atoms with van der Waals surface area (Å²) in [4.78, 5) is 72.8. The van der Waals surface area contributed by atoms with Gasteiger partial charge in [-0.2, -0.15) is 0 Å². The zero-order valence-corrected chi connectivity index (χ0v) is 64.6. The Morgan fingerprint density at radius 1 is 0.302 bits per heavy atom. The van der Waals surface area contributed by atoms with Crippen LogP contribution in [0.5, 0.6) is 0 Å². The zero-order valence-electron chi connectivity index (χ0n) is 62.8. The topological polar surface area (TPSA) is 237 Å². The van der Waals surface area contributed by atoms with Crippen molar-refractivity contribution >= 4 is 39.5 Å². The maximum absolute atomic E-state index is 13.1. The molecule has 19 heteroatoms. The normalized spacial score (nSPS) is 14.6. The zero-order chi connectivity index (χ0) is 70.9. The predicted molar refractivity (Wildman–Crippen MR) is 391 cm³/mol. The third-order valence-corrected chi connectivity index (χ3v) is 20.5. The van der Waals surface area contributed by atoms with Crippen LogP contribution in [0.3, 0.4) is 0 Å². The van der Waals surface area contributed by atoms with Crippen molar-refractivity contribution < 1.29 is 80.2 Å². The highest BCUT2D eigenvalue weighted by Gasteiger charge is 2.30. The van der Waals surface area contributed by atoms with E-state index in [-0.39, 0.29) is 25.7 Å². The number of rotatable bonds is 75. The molecule has 570 valence electrons. The Bertz CT molecular complexity index is 1870. The molecule has 0 fully saturated rings. The summed E-state index contributed by atoms with van der Waals surface area (Å²) >= 11 is 0. The fourth-order valence-electron chi connectivity index (χ4n) is 11.7. The van der Waals surface area contributed by atoms with Crippen molar-refractivity contribution in [3.05, 3.63) is 0 Å². The molecule has 0 heterocycles. The van der Waals surface area contributed by atoms with E-state index in [1.165, 1.54) is 199 Å². The standard InChI is InChI=1S/C77H150O17P2/c1-8-11-12-13-14-15-16-17-18-19-20-21-22-23-24-25-26-31-37-46-53-60-76(81)93-72(64-87-74(79)58-51-44-36-30-28-27-29-35-42-49-56-69(6)9-2)66-91-95(83,84)89-62-71(78)63-90-96(85,86)92-67-73(65-88-75(80)59-52-45-40-39-43-50-57-70(7)10-3)94-77(82)61-54-47-38-33-32-34-41-48-55-68(4)5/h68-73,78H,8-67H2,1-7H3,(H,83,84)(H,85,86)/t69?,70?,71-,72-,73-/m1/s1. The van der Waals surface area contributed by atoms with Gasteiger partial charge in [-0.3, -0.25) is 37.3 Å². The lowest BCUT2D eigenvalue weighted by atomic mass is 9.99. The second-order valence-corrected chi connectivity index (χ2v) is 31.6. The molecule has 17 nitrogen and oxygen atoms in total. The van der Waals surface area contributed by atoms with Crippen molar-refractivity contribution in [2.24, 2.45) is 17.8 Å². The largest absolute Gasteiger partial charge is 0.472 e. The first-order valence-corrected chi connectivity index (χ1v) is 42.9. The van der Waals surface area contributed by atoms with E-state index in [4.69, 9.17) is 37.0 Å². The summed E-state index contributed by atoms with van der Waals surface area (Å²) in [5.74, 6) is 0.137. The van der Waals surface area contributed by atoms with Crippen LogP contribution in [-0.2, 0) is 65.4 Å². The van der Waals surface area contributed by atoms with Crippen LogP contribution in [0.2, 0.25) is 0 Å². The molecule has 0 saturated heterocycles. The molecule has 0 rings (SSSR count). The lowest BCUT2D eigenvalue weighted by Crippen LogP contribution is -2.30. The van der Waals surface area contributed by atoms with Crippen LogP contribution in [-0.4, -0.2) is 96.7 Å². The van der Waals surface area contributed by atoms with Crippen molar-refractivity contribution in [3.63, 3.8) is 0 Å². The number of hydrogen-bond acceptors (Lipinski definition) is 15. The van der Waals surface area contributed by atoms with Crippen LogP contribution in [0.4, 0.5) is 0 Å². The molecule has 7 atom stereocenters. The van der Waals surface area contributed by atoms with Crippen LogP contribution in [0.1, 0.15) is 395 Å². The van der Waals surface area contributed by atoms with Gasteiger partial charge in [0.1, 0.15) is 19.3 Å². The quantitative estimate of drug-likeness (QED) is 0.0222. The van der Waals surface area contributed by atoms with E-state index >= 15 is 0 Å². The third-order valence-electron chi connectivity index (χ3n) is 18.6. The first-order valence-electron chi connectivity index (χ1n) is 39.9. The molecule has 0 aliphatic heterocycles. The molecular weight excluding hydrogens is 1260 g/mol. The second-order valence-electron chi connectivity index (χ2n) is 28.7. The maximum atomic E-state index is 13.1. The lowest BCUT2D eigenvalue weighted by Gasteiger charge is -2.21. The van der Waals surface area contributed by atoms with Crippen molar-refractivity contribution in [3.8, 4) is 0 Å². The molecule has 0 radical (unpaired) electrons. The van der Waals surface area contributed by atoms with Crippen LogP contribution in [0.15, 0.2) is 0 Å². The fourth-order valence-corrected chi connectivity index (χ4v) is 13.3. The van der Waals surface area contributed by atoms with E-state index in [9.17, 15) is 43.2 Å². The summed E-state index contributed by atoms with van der Waals surface area (Å²) in [7, 11) is -9.91. The van der Waals surface area contributed by atoms with Gasteiger partial charge in [0.2, 0.25) is 0 Å². The van der Waals surface area contributed by atoms with E-state index in [2.05, 4.69) is 48.5 Å². The molecule has 4 unspecified atom stereocenters. The highest BCUT2D eigenvalue weighted by molar-refractivity contribution is 7.47. The molecule has 3 N–H and O–H groups in total. The SMILES string of the molecule is CCCCCCCCCCCCCCCCCCCCCCCC(=O)O[C@H](COC(=O)CCCCCCCCCCCCC(C)CC)COP(=O)(O)OC[C@@H](O)COP(=O)(O)OC[C@@H](COC(=O)CCCCCCCCC(C)CC)OC(=O)CCCCCCCCCCC(C)C. The Labute approximate surface area is 588 Å². The maximum Gasteiger partial charge on any atom is 0.472 e. The van der Waals surface area contributed by atoms with Crippen LogP contribution in [0, 0.1) is 17.8 Å². The van der Waals surface area contributed by atoms with E-state index in [0.717, 1.165) is 114 Å². The minimum atomic E-state index is -4.96. The van der Waals surface area contributed by atoms with Crippen LogP contribution < -0.4 is 0 Å². The summed E-state index contributed by atoms with van der Waals surface area (Å²) in [5, 5.41) is 10.6. The van der Waals surface area contributed by atoms with E-state index in [1.807, 2.05) is 0 Å². The summed E-state index contributed by atoms with van der Waals surface area (Å²) in [6, 6.07) is 0. The number of aliphatic hydroxyl groups is 1. The number of aliphatic hydroxyl groups excluding tert-OH is 1. The molecule has 96 heavy (non-hydrogen) atoms. The van der Waals surface area contributed by atoms with Gasteiger partial charge in [0.05, 0.1) is 26.4 Å². The Balaban J connectivity index is 5.21. The molecular formula is C77H150O17P2. The predicted octanol–water partition coefficient (Wildman–Crippen LogP) is 22.6. The lowest BCUT2D eigenvalue weighted by molar-refractivity contribution is -0.161. The Kier molecular flexibility index (Phi) is 66.2. The average molecular weight is 1410 g/mol. The summed E-state index contributed by atoms with van der Waals surface area (Å²) in [6.45, 7) is 11.8. The van der Waals surface area contributed by atoms with E-state index in [0.29, 0.717) is 25.7 Å². The van der Waals surface area contributed by atoms with Crippen LogP contribution >= 0.6 is 15.6 Å². The molecule has 0 aliphatic carbocycles. The molecule has 0 aromatic carbocycles. The molecule has 0 aromatic heterocycles. The van der Waals surface area contributed by atoms with Crippen molar-refractivity contribution in [2.75, 3.05) is 39.6 Å². The van der Waals surface area contributed by atoms with Crippen molar-refractivity contribution in [1.29, 1.82) is 0 Å². The molecule has 0 aromatic rings. The fraction of sp³-hybridized carbons (Fsp3) is 0.948. The highest BCUT2D eigenvalue weighted by atomic mass is 31.2. The number of hydrogen-bond donors (Lipinski definition) is 3. The van der Waals surface area contributed by atoms with Gasteiger partial charge in [-0.15, -0.1) is 0 Å². The van der Waals surface area contributed by atoms with Gasteiger partial charge < -0.3 is 33.8 Å². The molecule has 0 saturated carbocycles. The number of phosphoric ester groups is 2. The minimum absolute atomic E-state index is 0.103. The van der Waals surface area contributed by atoms with Gasteiger partial charge in [-0.1, -0.05) is 344 Å². The second kappa shape index (κ2) is 67.5.